The normalized spacial score (nSPS) is 18.8. The van der Waals surface area contributed by atoms with Crippen LogP contribution in [0.3, 0.4) is 0 Å². The van der Waals surface area contributed by atoms with Gasteiger partial charge in [0.05, 0.1) is 11.3 Å². The lowest BCUT2D eigenvalue weighted by Crippen LogP contribution is -2.52. The molecule has 1 saturated heterocycles. The predicted octanol–water partition coefficient (Wildman–Crippen LogP) is 1.78. The van der Waals surface area contributed by atoms with E-state index in [9.17, 15) is 14.4 Å². The smallest absolute Gasteiger partial charge is 0.254 e. The molecule has 6 heteroatoms. The molecule has 138 valence electrons. The molecule has 2 N–H and O–H groups in total. The third-order valence-corrected chi connectivity index (χ3v) is 5.09. The molecular formula is C21H21N3O3. The van der Waals surface area contributed by atoms with E-state index in [4.69, 9.17) is 0 Å². The van der Waals surface area contributed by atoms with Gasteiger partial charge in [-0.05, 0) is 30.0 Å². The molecule has 0 aliphatic carbocycles. The van der Waals surface area contributed by atoms with Crippen molar-refractivity contribution >= 4 is 23.4 Å². The maximum absolute atomic E-state index is 12.9. The molecule has 2 aromatic rings. The van der Waals surface area contributed by atoms with Gasteiger partial charge in [-0.3, -0.25) is 19.7 Å². The summed E-state index contributed by atoms with van der Waals surface area (Å²) in [6.07, 6.45) is 1.46. The minimum absolute atomic E-state index is 0.240. The van der Waals surface area contributed by atoms with E-state index < -0.39 is 11.9 Å². The number of para-hydroxylation sites is 1. The number of nitrogens with one attached hydrogen (secondary N) is 2. The molecule has 3 amide bonds. The van der Waals surface area contributed by atoms with Gasteiger partial charge in [-0.2, -0.15) is 0 Å². The van der Waals surface area contributed by atoms with Crippen molar-refractivity contribution < 1.29 is 14.4 Å². The van der Waals surface area contributed by atoms with Crippen LogP contribution in [-0.4, -0.2) is 30.3 Å². The zero-order valence-corrected chi connectivity index (χ0v) is 14.9. The maximum atomic E-state index is 12.9. The second-order valence-corrected chi connectivity index (χ2v) is 6.95. The molecule has 0 radical (unpaired) electrons. The van der Waals surface area contributed by atoms with E-state index in [1.54, 1.807) is 6.07 Å². The largest absolute Gasteiger partial charge is 0.366 e. The van der Waals surface area contributed by atoms with Gasteiger partial charge in [0.25, 0.3) is 5.91 Å². The van der Waals surface area contributed by atoms with Crippen LogP contribution in [0.5, 0.6) is 0 Å². The predicted molar refractivity (Wildman–Crippen MR) is 101 cm³/mol. The zero-order valence-electron chi connectivity index (χ0n) is 14.9. The number of fused-ring (bicyclic) bond motifs is 1. The third kappa shape index (κ3) is 3.56. The van der Waals surface area contributed by atoms with Crippen molar-refractivity contribution in [2.45, 2.75) is 31.8 Å². The number of carbonyl (C=O) groups excluding carboxylic acids is 3. The van der Waals surface area contributed by atoms with Gasteiger partial charge in [0.1, 0.15) is 6.04 Å². The van der Waals surface area contributed by atoms with Crippen molar-refractivity contribution in [1.29, 1.82) is 0 Å². The molecule has 1 fully saturated rings. The molecule has 0 bridgehead atoms. The fourth-order valence-corrected chi connectivity index (χ4v) is 3.75. The van der Waals surface area contributed by atoms with Gasteiger partial charge < -0.3 is 10.2 Å². The number of anilines is 1. The molecule has 6 nitrogen and oxygen atoms in total. The number of piperidine rings is 1. The third-order valence-electron chi connectivity index (χ3n) is 5.09. The molecule has 1 unspecified atom stereocenters. The average Bonchev–Trinajstić information content (AvgIpc) is 3.08. The van der Waals surface area contributed by atoms with E-state index in [0.717, 1.165) is 30.8 Å². The lowest BCUT2D eigenvalue weighted by Gasteiger charge is -2.25. The molecule has 2 aliphatic heterocycles. The number of hydrogen-bond acceptors (Lipinski definition) is 4. The molecule has 0 aromatic heterocycles. The zero-order chi connectivity index (χ0) is 18.8. The van der Waals surface area contributed by atoms with Gasteiger partial charge in [-0.15, -0.1) is 0 Å². The summed E-state index contributed by atoms with van der Waals surface area (Å²) in [7, 11) is 0. The average molecular weight is 363 g/mol. The van der Waals surface area contributed by atoms with Crippen molar-refractivity contribution in [2.75, 3.05) is 11.4 Å². The Balaban J connectivity index is 1.56. The van der Waals surface area contributed by atoms with E-state index in [-0.39, 0.29) is 18.2 Å². The summed E-state index contributed by atoms with van der Waals surface area (Å²) >= 11 is 0. The summed E-state index contributed by atoms with van der Waals surface area (Å²) < 4.78 is 0. The number of amides is 3. The highest BCUT2D eigenvalue weighted by Crippen LogP contribution is 2.33. The van der Waals surface area contributed by atoms with Gasteiger partial charge in [0, 0.05) is 19.5 Å². The van der Waals surface area contributed by atoms with Crippen LogP contribution in [0.15, 0.2) is 48.5 Å². The van der Waals surface area contributed by atoms with Crippen molar-refractivity contribution in [3.8, 4) is 0 Å². The Labute approximate surface area is 157 Å². The summed E-state index contributed by atoms with van der Waals surface area (Å²) in [5.74, 6) is -1.00. The summed E-state index contributed by atoms with van der Waals surface area (Å²) in [5.41, 5.74) is 3.84. The van der Waals surface area contributed by atoms with Crippen LogP contribution in [0.2, 0.25) is 0 Å². The number of benzene rings is 2. The van der Waals surface area contributed by atoms with E-state index in [2.05, 4.69) is 27.7 Å². The summed E-state index contributed by atoms with van der Waals surface area (Å²) in [4.78, 5) is 38.4. The van der Waals surface area contributed by atoms with Gasteiger partial charge in [-0.1, -0.05) is 42.5 Å². The van der Waals surface area contributed by atoms with Gasteiger partial charge >= 0.3 is 0 Å². The number of nitrogens with zero attached hydrogens (tertiary/aromatic N) is 1. The SMILES string of the molecule is O=C1CCC(NC(=O)c2cccc3c2N(Cc2ccccc2)CC3)C(=O)N1. The topological polar surface area (TPSA) is 78.5 Å². The van der Waals surface area contributed by atoms with Crippen molar-refractivity contribution in [2.24, 2.45) is 0 Å². The molecule has 2 heterocycles. The first kappa shape index (κ1) is 17.3. The number of rotatable bonds is 4. The Morgan fingerprint density at radius 3 is 2.67 bits per heavy atom. The quantitative estimate of drug-likeness (QED) is 0.812. The van der Waals surface area contributed by atoms with Crippen LogP contribution in [-0.2, 0) is 22.6 Å². The molecule has 1 atom stereocenters. The second kappa shape index (κ2) is 7.23. The molecule has 2 aromatic carbocycles. The molecule has 27 heavy (non-hydrogen) atoms. The van der Waals surface area contributed by atoms with Crippen LogP contribution >= 0.6 is 0 Å². The highest BCUT2D eigenvalue weighted by Gasteiger charge is 2.30. The van der Waals surface area contributed by atoms with Crippen molar-refractivity contribution in [3.05, 3.63) is 65.2 Å². The highest BCUT2D eigenvalue weighted by molar-refractivity contribution is 6.06. The molecule has 0 spiro atoms. The van der Waals surface area contributed by atoms with Gasteiger partial charge in [0.2, 0.25) is 11.8 Å². The first-order chi connectivity index (χ1) is 13.1. The molecule has 0 saturated carbocycles. The number of imide groups is 1. The van der Waals surface area contributed by atoms with Gasteiger partial charge in [-0.25, -0.2) is 0 Å². The van der Waals surface area contributed by atoms with Gasteiger partial charge in [0.15, 0.2) is 0 Å². The van der Waals surface area contributed by atoms with Crippen molar-refractivity contribution in [3.63, 3.8) is 0 Å². The van der Waals surface area contributed by atoms with Crippen LogP contribution < -0.4 is 15.5 Å². The van der Waals surface area contributed by atoms with Crippen LogP contribution in [0, 0.1) is 0 Å². The highest BCUT2D eigenvalue weighted by atomic mass is 16.2. The Hall–Kier alpha value is -3.15. The number of hydrogen-bond donors (Lipinski definition) is 2. The van der Waals surface area contributed by atoms with Crippen LogP contribution in [0.4, 0.5) is 5.69 Å². The van der Waals surface area contributed by atoms with Crippen LogP contribution in [0.1, 0.15) is 34.3 Å². The Morgan fingerprint density at radius 1 is 1.07 bits per heavy atom. The fourth-order valence-electron chi connectivity index (χ4n) is 3.75. The second-order valence-electron chi connectivity index (χ2n) is 6.95. The Morgan fingerprint density at radius 2 is 1.89 bits per heavy atom. The lowest BCUT2D eigenvalue weighted by atomic mass is 10.0. The minimum Gasteiger partial charge on any atom is -0.366 e. The fraction of sp³-hybridized carbons (Fsp3) is 0.286. The Bertz CT molecular complexity index is 895. The molecule has 4 rings (SSSR count). The summed E-state index contributed by atoms with van der Waals surface area (Å²) in [6, 6.07) is 15.2. The molecular weight excluding hydrogens is 342 g/mol. The van der Waals surface area contributed by atoms with Crippen molar-refractivity contribution in [1.82, 2.24) is 10.6 Å². The van der Waals surface area contributed by atoms with E-state index in [1.165, 1.54) is 5.56 Å². The first-order valence-corrected chi connectivity index (χ1v) is 9.17. The number of carbonyl (C=O) groups is 3. The summed E-state index contributed by atoms with van der Waals surface area (Å²) in [5, 5.41) is 5.07. The Kier molecular flexibility index (Phi) is 4.62. The maximum Gasteiger partial charge on any atom is 0.254 e. The van der Waals surface area contributed by atoms with E-state index in [1.807, 2.05) is 30.3 Å². The monoisotopic (exact) mass is 363 g/mol. The van der Waals surface area contributed by atoms with E-state index >= 15 is 0 Å². The minimum atomic E-state index is -0.671. The summed E-state index contributed by atoms with van der Waals surface area (Å²) in [6.45, 7) is 1.59. The lowest BCUT2D eigenvalue weighted by molar-refractivity contribution is -0.134. The first-order valence-electron chi connectivity index (χ1n) is 9.17. The standard InChI is InChI=1S/C21H21N3O3/c25-18-10-9-17(21(27)23-18)22-20(26)16-8-4-7-15-11-12-24(19(15)16)13-14-5-2-1-3-6-14/h1-8,17H,9-13H2,(H,22,26)(H,23,25,27). The van der Waals surface area contributed by atoms with E-state index in [0.29, 0.717) is 12.0 Å². The molecule has 2 aliphatic rings. The van der Waals surface area contributed by atoms with Crippen LogP contribution in [0.25, 0.3) is 0 Å².